The zero-order valence-electron chi connectivity index (χ0n) is 12.3. The first-order valence-corrected chi connectivity index (χ1v) is 7.59. The van der Waals surface area contributed by atoms with Crippen LogP contribution in [0.4, 0.5) is 14.5 Å². The Balaban J connectivity index is 1.86. The summed E-state index contributed by atoms with van der Waals surface area (Å²) in [5.41, 5.74) is 0.183. The zero-order valence-corrected chi connectivity index (χ0v) is 13.8. The summed E-state index contributed by atoms with van der Waals surface area (Å²) in [4.78, 5) is 23.1. The number of carbonyl (C=O) groups excluding carboxylic acids is 2. The minimum atomic E-state index is -0.821. The van der Waals surface area contributed by atoms with E-state index in [0.29, 0.717) is 4.47 Å². The van der Waals surface area contributed by atoms with Crippen LogP contribution in [0.5, 0.6) is 0 Å². The Hall–Kier alpha value is -2.54. The van der Waals surface area contributed by atoms with Crippen LogP contribution in [0.1, 0.15) is 5.56 Å². The molecule has 0 unspecified atom stereocenters. The highest BCUT2D eigenvalue weighted by Crippen LogP contribution is 2.16. The highest BCUT2D eigenvalue weighted by molar-refractivity contribution is 9.10. The molecule has 0 bridgehead atoms. The maximum atomic E-state index is 13.5. The molecule has 0 aliphatic rings. The van der Waals surface area contributed by atoms with Crippen molar-refractivity contribution in [2.75, 3.05) is 11.9 Å². The van der Waals surface area contributed by atoms with Crippen LogP contribution in [-0.2, 0) is 14.3 Å². The van der Waals surface area contributed by atoms with E-state index in [1.165, 1.54) is 42.5 Å². The van der Waals surface area contributed by atoms with Gasteiger partial charge in [0.05, 0.1) is 5.69 Å². The first-order valence-electron chi connectivity index (χ1n) is 6.80. The summed E-state index contributed by atoms with van der Waals surface area (Å²) in [5, 5.41) is 2.27. The average Bonchev–Trinajstić information content (AvgIpc) is 2.56. The van der Waals surface area contributed by atoms with Crippen molar-refractivity contribution < 1.29 is 23.1 Å². The number of anilines is 1. The van der Waals surface area contributed by atoms with E-state index < -0.39 is 30.1 Å². The molecule has 0 aromatic heterocycles. The lowest BCUT2D eigenvalue weighted by Crippen LogP contribution is -2.20. The third-order valence-electron chi connectivity index (χ3n) is 2.85. The maximum absolute atomic E-state index is 13.5. The molecule has 0 fully saturated rings. The van der Waals surface area contributed by atoms with Crippen molar-refractivity contribution >= 4 is 39.6 Å². The largest absolute Gasteiger partial charge is 0.452 e. The van der Waals surface area contributed by atoms with Gasteiger partial charge in [-0.2, -0.15) is 0 Å². The zero-order chi connectivity index (χ0) is 17.5. The molecule has 0 saturated heterocycles. The van der Waals surface area contributed by atoms with Crippen molar-refractivity contribution in [3.8, 4) is 0 Å². The molecular weight excluding hydrogens is 384 g/mol. The molecule has 0 aliphatic carbocycles. The minimum Gasteiger partial charge on any atom is -0.452 e. The summed E-state index contributed by atoms with van der Waals surface area (Å²) in [5.74, 6) is -2.60. The molecule has 2 aromatic carbocycles. The van der Waals surface area contributed by atoms with E-state index in [2.05, 4.69) is 21.2 Å². The average molecular weight is 396 g/mol. The summed E-state index contributed by atoms with van der Waals surface area (Å²) in [6, 6.07) is 9.87. The first-order chi connectivity index (χ1) is 11.5. The molecule has 4 nitrogen and oxygen atoms in total. The van der Waals surface area contributed by atoms with Crippen molar-refractivity contribution in [3.63, 3.8) is 0 Å². The van der Waals surface area contributed by atoms with Crippen LogP contribution in [-0.4, -0.2) is 18.5 Å². The number of benzene rings is 2. The number of esters is 1. The lowest BCUT2D eigenvalue weighted by Gasteiger charge is -2.06. The Morgan fingerprint density at radius 1 is 1.12 bits per heavy atom. The topological polar surface area (TPSA) is 55.4 Å². The van der Waals surface area contributed by atoms with E-state index in [9.17, 15) is 18.4 Å². The van der Waals surface area contributed by atoms with Gasteiger partial charge in [-0.25, -0.2) is 13.6 Å². The van der Waals surface area contributed by atoms with Gasteiger partial charge in [-0.3, -0.25) is 4.79 Å². The van der Waals surface area contributed by atoms with Gasteiger partial charge in [-0.15, -0.1) is 0 Å². The number of halogens is 3. The molecule has 2 aromatic rings. The lowest BCUT2D eigenvalue weighted by atomic mass is 10.2. The van der Waals surface area contributed by atoms with E-state index in [4.69, 9.17) is 4.74 Å². The summed E-state index contributed by atoms with van der Waals surface area (Å²) in [6.45, 7) is -0.585. The predicted octanol–water partition coefficient (Wildman–Crippen LogP) is 3.92. The first kappa shape index (κ1) is 17.8. The Morgan fingerprint density at radius 3 is 2.62 bits per heavy atom. The predicted molar refractivity (Wildman–Crippen MR) is 89.1 cm³/mol. The fourth-order valence-corrected chi connectivity index (χ4v) is 2.11. The highest BCUT2D eigenvalue weighted by Gasteiger charge is 2.08. The summed E-state index contributed by atoms with van der Waals surface area (Å²) in [7, 11) is 0. The maximum Gasteiger partial charge on any atom is 0.331 e. The molecule has 2 rings (SSSR count). The molecule has 0 heterocycles. The SMILES string of the molecule is O=C(COC(=O)/C=C/c1cc(Br)ccc1F)Nc1ccccc1F. The molecule has 0 atom stereocenters. The molecule has 24 heavy (non-hydrogen) atoms. The Labute approximate surface area is 145 Å². The lowest BCUT2D eigenvalue weighted by molar-refractivity contribution is -0.142. The monoisotopic (exact) mass is 395 g/mol. The highest BCUT2D eigenvalue weighted by atomic mass is 79.9. The Bertz CT molecular complexity index is 793. The Morgan fingerprint density at radius 2 is 1.88 bits per heavy atom. The van der Waals surface area contributed by atoms with Crippen molar-refractivity contribution in [1.29, 1.82) is 0 Å². The van der Waals surface area contributed by atoms with Gasteiger partial charge in [-0.1, -0.05) is 28.1 Å². The number of amides is 1. The van der Waals surface area contributed by atoms with Gasteiger partial charge in [0, 0.05) is 16.1 Å². The van der Waals surface area contributed by atoms with Gasteiger partial charge >= 0.3 is 5.97 Å². The normalized spacial score (nSPS) is 10.6. The number of para-hydroxylation sites is 1. The van der Waals surface area contributed by atoms with Crippen molar-refractivity contribution in [2.24, 2.45) is 0 Å². The molecule has 0 radical (unpaired) electrons. The standard InChI is InChI=1S/C17H12BrF2NO3/c18-12-6-7-13(19)11(9-12)5-8-17(23)24-10-16(22)21-15-4-2-1-3-14(15)20/h1-9H,10H2,(H,21,22)/b8-5+. The second kappa shape index (κ2) is 8.35. The van der Waals surface area contributed by atoms with E-state index in [1.807, 2.05) is 0 Å². The van der Waals surface area contributed by atoms with Crippen LogP contribution >= 0.6 is 15.9 Å². The summed E-state index contributed by atoms with van der Waals surface area (Å²) >= 11 is 3.19. The molecule has 0 aliphatic heterocycles. The van der Waals surface area contributed by atoms with E-state index in [-0.39, 0.29) is 11.3 Å². The number of rotatable bonds is 5. The van der Waals surface area contributed by atoms with Crippen molar-refractivity contribution in [2.45, 2.75) is 0 Å². The minimum absolute atomic E-state index is 0.00898. The third-order valence-corrected chi connectivity index (χ3v) is 3.34. The second-order valence-electron chi connectivity index (χ2n) is 4.63. The Kier molecular flexibility index (Phi) is 6.20. The molecule has 0 spiro atoms. The van der Waals surface area contributed by atoms with E-state index >= 15 is 0 Å². The quantitative estimate of drug-likeness (QED) is 0.616. The van der Waals surface area contributed by atoms with E-state index in [1.54, 1.807) is 6.07 Å². The van der Waals surface area contributed by atoms with Gasteiger partial charge in [0.1, 0.15) is 11.6 Å². The number of hydrogen-bond donors (Lipinski definition) is 1. The van der Waals surface area contributed by atoms with Crippen LogP contribution in [0, 0.1) is 11.6 Å². The molecule has 7 heteroatoms. The fraction of sp³-hybridized carbons (Fsp3) is 0.0588. The van der Waals surface area contributed by atoms with Gasteiger partial charge in [0.15, 0.2) is 6.61 Å². The van der Waals surface area contributed by atoms with Gasteiger partial charge in [-0.05, 0) is 36.4 Å². The molecule has 1 amide bonds. The smallest absolute Gasteiger partial charge is 0.331 e. The van der Waals surface area contributed by atoms with Crippen molar-refractivity contribution in [3.05, 3.63) is 70.2 Å². The van der Waals surface area contributed by atoms with Crippen LogP contribution in [0.25, 0.3) is 6.08 Å². The molecule has 1 N–H and O–H groups in total. The van der Waals surface area contributed by atoms with E-state index in [0.717, 1.165) is 6.08 Å². The van der Waals surface area contributed by atoms with Crippen molar-refractivity contribution in [1.82, 2.24) is 0 Å². The number of nitrogens with one attached hydrogen (secondary N) is 1. The van der Waals surface area contributed by atoms with Crippen LogP contribution in [0.3, 0.4) is 0 Å². The second-order valence-corrected chi connectivity index (χ2v) is 5.55. The van der Waals surface area contributed by atoms with Gasteiger partial charge < -0.3 is 10.1 Å². The number of ether oxygens (including phenoxy) is 1. The van der Waals surface area contributed by atoms with Gasteiger partial charge in [0.25, 0.3) is 5.91 Å². The summed E-state index contributed by atoms with van der Waals surface area (Å²) in [6.07, 6.45) is 2.23. The van der Waals surface area contributed by atoms with Crippen LogP contribution < -0.4 is 5.32 Å². The van der Waals surface area contributed by atoms with Gasteiger partial charge in [0.2, 0.25) is 0 Å². The van der Waals surface area contributed by atoms with Crippen LogP contribution in [0.15, 0.2) is 53.0 Å². The molecule has 124 valence electrons. The fourth-order valence-electron chi connectivity index (χ4n) is 1.73. The number of hydrogen-bond acceptors (Lipinski definition) is 3. The third kappa shape index (κ3) is 5.27. The summed E-state index contributed by atoms with van der Waals surface area (Å²) < 4.78 is 32.2. The number of carbonyl (C=O) groups is 2. The molecular formula is C17H12BrF2NO3. The molecule has 0 saturated carbocycles. The van der Waals surface area contributed by atoms with Crippen LogP contribution in [0.2, 0.25) is 0 Å².